The van der Waals surface area contributed by atoms with Crippen molar-refractivity contribution in [3.8, 4) is 0 Å². The van der Waals surface area contributed by atoms with E-state index in [1.807, 2.05) is 0 Å². The summed E-state index contributed by atoms with van der Waals surface area (Å²) < 4.78 is 16.0. The predicted molar refractivity (Wildman–Crippen MR) is 57.8 cm³/mol. The van der Waals surface area contributed by atoms with Gasteiger partial charge in [0.2, 0.25) is 5.91 Å². The van der Waals surface area contributed by atoms with Crippen LogP contribution < -0.4 is 5.32 Å². The quantitative estimate of drug-likeness (QED) is 0.648. The number of ether oxygens (including phenoxy) is 1. The average molecular weight is 235 g/mol. The number of hydrogen-bond donors (Lipinski definition) is 1. The van der Waals surface area contributed by atoms with Crippen molar-refractivity contribution in [1.82, 2.24) is 5.32 Å². The summed E-state index contributed by atoms with van der Waals surface area (Å²) in [6.45, 7) is 1.71. The third kappa shape index (κ3) is 6.22. The van der Waals surface area contributed by atoms with E-state index in [0.29, 0.717) is 0 Å². The molecule has 5 nitrogen and oxygen atoms in total. The Bertz CT molecular complexity index is 254. The van der Waals surface area contributed by atoms with E-state index in [-0.39, 0.29) is 35.7 Å². The number of rotatable bonds is 6. The first-order valence-corrected chi connectivity index (χ1v) is 6.04. The Labute approximate surface area is 92.0 Å². The number of hydrogen-bond acceptors (Lipinski definition) is 4. The van der Waals surface area contributed by atoms with Gasteiger partial charge in [-0.15, -0.1) is 0 Å². The summed E-state index contributed by atoms with van der Waals surface area (Å²) in [6.07, 6.45) is 0.339. The van der Waals surface area contributed by atoms with E-state index in [9.17, 15) is 13.8 Å². The van der Waals surface area contributed by atoms with Gasteiger partial charge in [-0.1, -0.05) is 6.92 Å². The topological polar surface area (TPSA) is 72.5 Å². The molecule has 88 valence electrons. The zero-order valence-electron chi connectivity index (χ0n) is 9.24. The molecular weight excluding hydrogens is 218 g/mol. The van der Waals surface area contributed by atoms with Crippen LogP contribution in [-0.2, 0) is 25.1 Å². The van der Waals surface area contributed by atoms with E-state index in [1.54, 1.807) is 6.92 Å². The van der Waals surface area contributed by atoms with Crippen LogP contribution in [-0.4, -0.2) is 41.2 Å². The van der Waals surface area contributed by atoms with Crippen LogP contribution in [0.5, 0.6) is 0 Å². The van der Waals surface area contributed by atoms with Crippen molar-refractivity contribution in [1.29, 1.82) is 0 Å². The minimum Gasteiger partial charge on any atom is -0.469 e. The summed E-state index contributed by atoms with van der Waals surface area (Å²) in [6, 6.07) is 0. The van der Waals surface area contributed by atoms with Crippen molar-refractivity contribution >= 4 is 22.7 Å². The summed E-state index contributed by atoms with van der Waals surface area (Å²) in [5.41, 5.74) is 0. The maximum Gasteiger partial charge on any atom is 0.306 e. The van der Waals surface area contributed by atoms with Gasteiger partial charge in [0, 0.05) is 35.3 Å². The van der Waals surface area contributed by atoms with Crippen molar-refractivity contribution in [2.75, 3.05) is 19.9 Å². The van der Waals surface area contributed by atoms with E-state index in [1.165, 1.54) is 14.2 Å². The molecule has 0 aromatic heterocycles. The van der Waals surface area contributed by atoms with Crippen molar-refractivity contribution in [3.63, 3.8) is 0 Å². The van der Waals surface area contributed by atoms with Gasteiger partial charge >= 0.3 is 5.97 Å². The van der Waals surface area contributed by atoms with Crippen LogP contribution in [0.15, 0.2) is 0 Å². The molecule has 0 bridgehead atoms. The first-order valence-electron chi connectivity index (χ1n) is 4.65. The molecule has 0 spiro atoms. The molecular formula is C9H17NO4S. The molecule has 2 atom stereocenters. The van der Waals surface area contributed by atoms with Gasteiger partial charge in [-0.25, -0.2) is 0 Å². The fourth-order valence-electron chi connectivity index (χ4n) is 0.930. The van der Waals surface area contributed by atoms with E-state index in [2.05, 4.69) is 10.1 Å². The predicted octanol–water partition coefficient (Wildman–Crippen LogP) is -0.177. The minimum absolute atomic E-state index is 0.122. The third-order valence-corrected chi connectivity index (χ3v) is 3.61. The molecule has 0 fully saturated rings. The first-order chi connectivity index (χ1) is 7.01. The highest BCUT2D eigenvalue weighted by atomic mass is 32.2. The molecule has 0 aromatic rings. The summed E-state index contributed by atoms with van der Waals surface area (Å²) in [7, 11) is 1.65. The zero-order valence-corrected chi connectivity index (χ0v) is 10.1. The van der Waals surface area contributed by atoms with Crippen LogP contribution in [0.25, 0.3) is 0 Å². The Morgan fingerprint density at radius 2 is 2.07 bits per heavy atom. The Morgan fingerprint density at radius 3 is 2.53 bits per heavy atom. The molecule has 15 heavy (non-hydrogen) atoms. The summed E-state index contributed by atoms with van der Waals surface area (Å²) in [4.78, 5) is 21.8. The molecule has 0 aliphatic heterocycles. The van der Waals surface area contributed by atoms with Crippen LogP contribution in [0, 0.1) is 0 Å². The number of methoxy groups -OCH3 is 1. The Hall–Kier alpha value is -0.910. The lowest BCUT2D eigenvalue weighted by molar-refractivity contribution is -0.140. The van der Waals surface area contributed by atoms with Crippen molar-refractivity contribution in [2.45, 2.75) is 25.0 Å². The van der Waals surface area contributed by atoms with Gasteiger partial charge in [-0.3, -0.25) is 13.8 Å². The maximum atomic E-state index is 11.5. The summed E-state index contributed by atoms with van der Waals surface area (Å²) >= 11 is 0. The molecule has 0 rings (SSSR count). The first kappa shape index (κ1) is 14.1. The molecule has 0 aromatic carbocycles. The van der Waals surface area contributed by atoms with Crippen LogP contribution in [0.3, 0.4) is 0 Å². The molecule has 1 N–H and O–H groups in total. The number of carbonyl (C=O) groups is 2. The van der Waals surface area contributed by atoms with E-state index in [0.717, 1.165) is 0 Å². The third-order valence-electron chi connectivity index (χ3n) is 1.94. The normalized spacial score (nSPS) is 14.1. The molecule has 0 heterocycles. The number of amides is 1. The van der Waals surface area contributed by atoms with Gasteiger partial charge in [0.1, 0.15) is 0 Å². The second-order valence-electron chi connectivity index (χ2n) is 3.10. The van der Waals surface area contributed by atoms with Crippen LogP contribution in [0.2, 0.25) is 0 Å². The molecule has 1 amide bonds. The highest BCUT2D eigenvalue weighted by molar-refractivity contribution is 7.85. The highest BCUT2D eigenvalue weighted by Gasteiger charge is 2.16. The van der Waals surface area contributed by atoms with E-state index in [4.69, 9.17) is 0 Å². The minimum atomic E-state index is -1.17. The molecule has 0 aliphatic rings. The maximum absolute atomic E-state index is 11.5. The Balaban J connectivity index is 3.89. The second-order valence-corrected chi connectivity index (χ2v) is 5.07. The number of nitrogens with one attached hydrogen (secondary N) is 1. The van der Waals surface area contributed by atoms with Crippen molar-refractivity contribution in [2.24, 2.45) is 0 Å². The van der Waals surface area contributed by atoms with E-state index >= 15 is 0 Å². The fourth-order valence-corrected chi connectivity index (χ4v) is 2.04. The molecule has 2 unspecified atom stereocenters. The van der Waals surface area contributed by atoms with Crippen LogP contribution in [0.1, 0.15) is 19.8 Å². The number of carbonyl (C=O) groups excluding carboxylic acids is 2. The van der Waals surface area contributed by atoms with Gasteiger partial charge < -0.3 is 10.1 Å². The molecule has 0 aliphatic carbocycles. The molecule has 0 radical (unpaired) electrons. The second kappa shape index (κ2) is 7.39. The van der Waals surface area contributed by atoms with E-state index < -0.39 is 10.8 Å². The Kier molecular flexibility index (Phi) is 6.94. The van der Waals surface area contributed by atoms with Gasteiger partial charge in [-0.2, -0.15) is 0 Å². The number of esters is 1. The molecule has 0 saturated heterocycles. The van der Waals surface area contributed by atoms with Gasteiger partial charge in [0.05, 0.1) is 13.5 Å². The van der Waals surface area contributed by atoms with Crippen LogP contribution >= 0.6 is 0 Å². The van der Waals surface area contributed by atoms with Crippen molar-refractivity contribution < 1.29 is 18.5 Å². The van der Waals surface area contributed by atoms with Crippen LogP contribution in [0.4, 0.5) is 0 Å². The van der Waals surface area contributed by atoms with Gasteiger partial charge in [0.15, 0.2) is 0 Å². The SMILES string of the molecule is CNC(=O)CCS(=O)C(C)CC(=O)OC. The summed E-state index contributed by atoms with van der Waals surface area (Å²) in [5, 5.41) is 2.17. The lowest BCUT2D eigenvalue weighted by atomic mass is 10.3. The summed E-state index contributed by atoms with van der Waals surface area (Å²) in [5.74, 6) is -0.248. The zero-order chi connectivity index (χ0) is 11.8. The monoisotopic (exact) mass is 235 g/mol. The smallest absolute Gasteiger partial charge is 0.306 e. The van der Waals surface area contributed by atoms with Gasteiger partial charge in [0.25, 0.3) is 0 Å². The van der Waals surface area contributed by atoms with Crippen molar-refractivity contribution in [3.05, 3.63) is 0 Å². The standard InChI is InChI=1S/C9H17NO4S/c1-7(6-9(12)14-3)15(13)5-4-8(11)10-2/h7H,4-6H2,1-3H3,(H,10,11). The Morgan fingerprint density at radius 1 is 1.47 bits per heavy atom. The van der Waals surface area contributed by atoms with Gasteiger partial charge in [-0.05, 0) is 0 Å². The molecule has 6 heteroatoms. The average Bonchev–Trinajstić information content (AvgIpc) is 2.24. The fraction of sp³-hybridized carbons (Fsp3) is 0.778. The largest absolute Gasteiger partial charge is 0.469 e. The lowest BCUT2D eigenvalue weighted by Crippen LogP contribution is -2.24. The lowest BCUT2D eigenvalue weighted by Gasteiger charge is -2.09. The molecule has 0 saturated carbocycles. The highest BCUT2D eigenvalue weighted by Crippen LogP contribution is 2.04.